The molecule has 7 heteroatoms. The summed E-state index contributed by atoms with van der Waals surface area (Å²) in [5.74, 6) is 1.47. The summed E-state index contributed by atoms with van der Waals surface area (Å²) in [6.45, 7) is 12.1. The molecule has 0 radical (unpaired) electrons. The Morgan fingerprint density at radius 1 is 1.18 bits per heavy atom. The zero-order chi connectivity index (χ0) is 17.2. The Labute approximate surface area is 136 Å². The third-order valence-corrected chi connectivity index (χ3v) is 3.86. The van der Waals surface area contributed by atoms with Crippen molar-refractivity contribution in [3.8, 4) is 0 Å². The SMILES string of the molecule is CCNC(=NCC(C)(C)NS(C)(=O)=O)NCCCCC(C)C. The van der Waals surface area contributed by atoms with Crippen LogP contribution in [-0.2, 0) is 10.0 Å². The Bertz CT molecular complexity index is 431. The van der Waals surface area contributed by atoms with Crippen LogP contribution in [0.2, 0.25) is 0 Å². The van der Waals surface area contributed by atoms with E-state index in [0.717, 1.165) is 37.6 Å². The topological polar surface area (TPSA) is 82.6 Å². The van der Waals surface area contributed by atoms with E-state index in [1.165, 1.54) is 12.8 Å². The highest BCUT2D eigenvalue weighted by Crippen LogP contribution is 2.06. The molecule has 0 amide bonds. The Kier molecular flexibility index (Phi) is 9.67. The predicted octanol–water partition coefficient (Wildman–Crippen LogP) is 1.70. The number of hydrogen-bond donors (Lipinski definition) is 3. The highest BCUT2D eigenvalue weighted by molar-refractivity contribution is 7.88. The van der Waals surface area contributed by atoms with Gasteiger partial charge in [-0.3, -0.25) is 4.99 Å². The van der Waals surface area contributed by atoms with Crippen molar-refractivity contribution in [2.75, 3.05) is 25.9 Å². The summed E-state index contributed by atoms with van der Waals surface area (Å²) in [5.41, 5.74) is -0.604. The lowest BCUT2D eigenvalue weighted by molar-refractivity contribution is 0.464. The molecule has 0 saturated carbocycles. The molecule has 0 spiro atoms. The predicted molar refractivity (Wildman–Crippen MR) is 94.7 cm³/mol. The van der Waals surface area contributed by atoms with Crippen LogP contribution >= 0.6 is 0 Å². The average molecular weight is 335 g/mol. The smallest absolute Gasteiger partial charge is 0.209 e. The first-order valence-electron chi connectivity index (χ1n) is 8.07. The zero-order valence-electron chi connectivity index (χ0n) is 15.0. The lowest BCUT2D eigenvalue weighted by atomic mass is 10.1. The summed E-state index contributed by atoms with van der Waals surface area (Å²) in [7, 11) is -3.23. The lowest BCUT2D eigenvalue weighted by Crippen LogP contribution is -2.46. The number of aliphatic imine (C=N–C) groups is 1. The summed E-state index contributed by atoms with van der Waals surface area (Å²) in [4.78, 5) is 4.47. The third-order valence-electron chi connectivity index (χ3n) is 2.94. The standard InChI is InChI=1S/C15H34N4O2S/c1-7-16-14(17-11-9-8-10-13(2)3)18-12-15(4,5)19-22(6,20)21/h13,19H,7-12H2,1-6H3,(H2,16,17,18). The molecule has 0 heterocycles. The van der Waals surface area contributed by atoms with Crippen molar-refractivity contribution in [2.24, 2.45) is 10.9 Å². The van der Waals surface area contributed by atoms with Gasteiger partial charge in [0.15, 0.2) is 5.96 Å². The van der Waals surface area contributed by atoms with Crippen molar-refractivity contribution in [1.29, 1.82) is 0 Å². The van der Waals surface area contributed by atoms with Gasteiger partial charge in [-0.05, 0) is 33.1 Å². The fourth-order valence-electron chi connectivity index (χ4n) is 2.04. The second-order valence-corrected chi connectivity index (χ2v) is 8.52. The first-order chi connectivity index (χ1) is 10.1. The molecule has 132 valence electrons. The van der Waals surface area contributed by atoms with Crippen LogP contribution in [0.5, 0.6) is 0 Å². The molecule has 0 bridgehead atoms. The van der Waals surface area contributed by atoms with Crippen LogP contribution in [0, 0.1) is 5.92 Å². The highest BCUT2D eigenvalue weighted by Gasteiger charge is 2.21. The lowest BCUT2D eigenvalue weighted by Gasteiger charge is -2.23. The summed E-state index contributed by atoms with van der Waals surface area (Å²) >= 11 is 0. The van der Waals surface area contributed by atoms with Crippen molar-refractivity contribution in [1.82, 2.24) is 15.4 Å². The van der Waals surface area contributed by atoms with Gasteiger partial charge in [0.25, 0.3) is 0 Å². The summed E-state index contributed by atoms with van der Waals surface area (Å²) in [6.07, 6.45) is 4.70. The van der Waals surface area contributed by atoms with Crippen LogP contribution in [0.3, 0.4) is 0 Å². The van der Waals surface area contributed by atoms with Crippen LogP contribution in [0.4, 0.5) is 0 Å². The van der Waals surface area contributed by atoms with E-state index < -0.39 is 15.6 Å². The molecule has 0 aliphatic carbocycles. The minimum absolute atomic E-state index is 0.376. The molecule has 0 unspecified atom stereocenters. The van der Waals surface area contributed by atoms with Gasteiger partial charge in [-0.1, -0.05) is 26.7 Å². The van der Waals surface area contributed by atoms with Gasteiger partial charge in [0.05, 0.1) is 12.8 Å². The Hall–Kier alpha value is -0.820. The van der Waals surface area contributed by atoms with Crippen molar-refractivity contribution < 1.29 is 8.42 Å². The molecule has 3 N–H and O–H groups in total. The maximum absolute atomic E-state index is 11.3. The maximum atomic E-state index is 11.3. The molecule has 0 rings (SSSR count). The highest BCUT2D eigenvalue weighted by atomic mass is 32.2. The largest absolute Gasteiger partial charge is 0.357 e. The van der Waals surface area contributed by atoms with Crippen LogP contribution in [0.1, 0.15) is 53.9 Å². The van der Waals surface area contributed by atoms with Crippen LogP contribution in [-0.4, -0.2) is 45.8 Å². The summed E-state index contributed by atoms with van der Waals surface area (Å²) < 4.78 is 25.2. The van der Waals surface area contributed by atoms with Gasteiger partial charge in [0, 0.05) is 18.6 Å². The van der Waals surface area contributed by atoms with E-state index in [0.29, 0.717) is 6.54 Å². The van der Waals surface area contributed by atoms with E-state index >= 15 is 0 Å². The number of hydrogen-bond acceptors (Lipinski definition) is 3. The van der Waals surface area contributed by atoms with Gasteiger partial charge in [-0.15, -0.1) is 0 Å². The van der Waals surface area contributed by atoms with Crippen molar-refractivity contribution in [3.05, 3.63) is 0 Å². The average Bonchev–Trinajstić information content (AvgIpc) is 2.32. The van der Waals surface area contributed by atoms with E-state index in [9.17, 15) is 8.42 Å². The number of guanidine groups is 1. The van der Waals surface area contributed by atoms with E-state index in [-0.39, 0.29) is 0 Å². The molecule has 0 aliphatic heterocycles. The van der Waals surface area contributed by atoms with E-state index in [4.69, 9.17) is 0 Å². The Balaban J connectivity index is 4.35. The van der Waals surface area contributed by atoms with Gasteiger partial charge < -0.3 is 10.6 Å². The van der Waals surface area contributed by atoms with Gasteiger partial charge in [0.1, 0.15) is 0 Å². The molecular formula is C15H34N4O2S. The molecule has 0 aromatic rings. The second kappa shape index (κ2) is 10.0. The number of unbranched alkanes of at least 4 members (excludes halogenated alkanes) is 1. The quantitative estimate of drug-likeness (QED) is 0.323. The summed E-state index contributed by atoms with van der Waals surface area (Å²) in [6, 6.07) is 0. The third kappa shape index (κ3) is 12.9. The van der Waals surface area contributed by atoms with Crippen LogP contribution in [0.15, 0.2) is 4.99 Å². The number of nitrogens with one attached hydrogen (secondary N) is 3. The van der Waals surface area contributed by atoms with Crippen molar-refractivity contribution in [2.45, 2.75) is 59.4 Å². The first kappa shape index (κ1) is 21.2. The minimum atomic E-state index is -3.23. The van der Waals surface area contributed by atoms with Crippen LogP contribution in [0.25, 0.3) is 0 Å². The molecular weight excluding hydrogens is 300 g/mol. The maximum Gasteiger partial charge on any atom is 0.209 e. The number of nitrogens with zero attached hydrogens (tertiary/aromatic N) is 1. The Morgan fingerprint density at radius 2 is 1.82 bits per heavy atom. The molecule has 0 aliphatic rings. The number of sulfonamides is 1. The second-order valence-electron chi connectivity index (χ2n) is 6.77. The van der Waals surface area contributed by atoms with Gasteiger partial charge in [-0.25, -0.2) is 13.1 Å². The van der Waals surface area contributed by atoms with Gasteiger partial charge in [0.2, 0.25) is 10.0 Å². The van der Waals surface area contributed by atoms with Gasteiger partial charge >= 0.3 is 0 Å². The van der Waals surface area contributed by atoms with Gasteiger partial charge in [-0.2, -0.15) is 0 Å². The molecule has 6 nitrogen and oxygen atoms in total. The zero-order valence-corrected chi connectivity index (χ0v) is 15.8. The Morgan fingerprint density at radius 3 is 2.32 bits per heavy atom. The molecule has 0 aromatic heterocycles. The van der Waals surface area contributed by atoms with E-state index in [1.54, 1.807) is 0 Å². The molecule has 0 saturated heterocycles. The fourth-order valence-corrected chi connectivity index (χ4v) is 3.11. The minimum Gasteiger partial charge on any atom is -0.357 e. The van der Waals surface area contributed by atoms with E-state index in [1.807, 2.05) is 20.8 Å². The normalized spacial score (nSPS) is 13.5. The monoisotopic (exact) mass is 334 g/mol. The summed E-state index contributed by atoms with van der Waals surface area (Å²) in [5, 5.41) is 6.47. The molecule has 0 aromatic carbocycles. The van der Waals surface area contributed by atoms with Crippen LogP contribution < -0.4 is 15.4 Å². The first-order valence-corrected chi connectivity index (χ1v) is 9.96. The number of rotatable bonds is 10. The molecule has 0 atom stereocenters. The molecule has 22 heavy (non-hydrogen) atoms. The van der Waals surface area contributed by atoms with Crippen molar-refractivity contribution >= 4 is 16.0 Å². The molecule has 0 fully saturated rings. The van der Waals surface area contributed by atoms with Crippen molar-refractivity contribution in [3.63, 3.8) is 0 Å². The van der Waals surface area contributed by atoms with E-state index in [2.05, 4.69) is 34.2 Å². The fraction of sp³-hybridized carbons (Fsp3) is 0.933.